The summed E-state index contributed by atoms with van der Waals surface area (Å²) in [7, 11) is 0. The van der Waals surface area contributed by atoms with Gasteiger partial charge in [-0.1, -0.05) is 25.7 Å². The van der Waals surface area contributed by atoms with Crippen molar-refractivity contribution < 1.29 is 37.8 Å². The Morgan fingerprint density at radius 1 is 1.25 bits per heavy atom. The molecule has 2 rings (SSSR count). The molecule has 85 valence electrons. The van der Waals surface area contributed by atoms with Crippen LogP contribution in [-0.2, 0) is 32.7 Å². The van der Waals surface area contributed by atoms with Gasteiger partial charge in [-0.3, -0.25) is 0 Å². The molecule has 1 aromatic rings. The predicted octanol–water partition coefficient (Wildman–Crippen LogP) is 3.06. The fraction of sp³-hybridized carbons (Fsp3) is 0.571. The molecule has 2 heteroatoms. The Bertz CT molecular complexity index is 299. The second-order valence-corrected chi connectivity index (χ2v) is 4.71. The van der Waals surface area contributed by atoms with E-state index >= 15 is 0 Å². The van der Waals surface area contributed by atoms with Crippen molar-refractivity contribution in [3.8, 4) is 0 Å². The monoisotopic (exact) mass is 292 g/mol. The minimum atomic E-state index is 0. The van der Waals surface area contributed by atoms with E-state index < -0.39 is 0 Å². The first-order valence-electron chi connectivity index (χ1n) is 5.88. The zero-order valence-electron chi connectivity index (χ0n) is 9.95. The molecule has 0 unspecified atom stereocenters. The molecule has 0 spiro atoms. The second-order valence-electron chi connectivity index (χ2n) is 4.71. The van der Waals surface area contributed by atoms with Gasteiger partial charge in [-0.25, -0.2) is 0 Å². The molecule has 0 heterocycles. The molecule has 1 radical (unpaired) electrons. The number of hydrogen-bond acceptors (Lipinski definition) is 1. The standard InChI is InChI=1S/C14H19O.Y/c1-11-2-6-13(7-3-11)14-8-4-12(10-15)5-9-14;/h2,6-7,12,14-15H,4-5,8-10H2,1H3;/q-1;. The van der Waals surface area contributed by atoms with Gasteiger partial charge in [-0.15, -0.1) is 0 Å². The molecular weight excluding hydrogens is 273 g/mol. The molecule has 0 amide bonds. The summed E-state index contributed by atoms with van der Waals surface area (Å²) in [6, 6.07) is 9.79. The van der Waals surface area contributed by atoms with Crippen LogP contribution >= 0.6 is 0 Å². The van der Waals surface area contributed by atoms with Crippen LogP contribution in [0.2, 0.25) is 0 Å². The van der Waals surface area contributed by atoms with Crippen LogP contribution in [0.3, 0.4) is 0 Å². The topological polar surface area (TPSA) is 20.2 Å². The van der Waals surface area contributed by atoms with E-state index in [1.165, 1.54) is 36.8 Å². The third-order valence-corrected chi connectivity index (χ3v) is 3.57. The Balaban J connectivity index is 0.00000128. The first-order chi connectivity index (χ1) is 7.29. The van der Waals surface area contributed by atoms with Crippen molar-refractivity contribution in [1.82, 2.24) is 0 Å². The first-order valence-corrected chi connectivity index (χ1v) is 5.88. The second kappa shape index (κ2) is 6.88. The molecule has 0 saturated heterocycles. The van der Waals surface area contributed by atoms with Crippen LogP contribution in [0.4, 0.5) is 0 Å². The molecule has 16 heavy (non-hydrogen) atoms. The summed E-state index contributed by atoms with van der Waals surface area (Å²) in [6.45, 7) is 2.44. The fourth-order valence-electron chi connectivity index (χ4n) is 2.45. The van der Waals surface area contributed by atoms with Crippen molar-refractivity contribution in [1.29, 1.82) is 0 Å². The maximum absolute atomic E-state index is 9.08. The normalized spacial score (nSPS) is 24.9. The molecule has 1 fully saturated rings. The molecule has 1 saturated carbocycles. The predicted molar refractivity (Wildman–Crippen MR) is 61.8 cm³/mol. The Kier molecular flexibility index (Phi) is 6.17. The van der Waals surface area contributed by atoms with E-state index in [9.17, 15) is 0 Å². The van der Waals surface area contributed by atoms with Crippen LogP contribution in [0.5, 0.6) is 0 Å². The summed E-state index contributed by atoms with van der Waals surface area (Å²) in [5, 5.41) is 9.08. The molecule has 1 aliphatic carbocycles. The number of aliphatic hydroxyl groups excluding tert-OH is 1. The Morgan fingerprint density at radius 3 is 2.44 bits per heavy atom. The quantitative estimate of drug-likeness (QED) is 0.831. The molecule has 0 aliphatic heterocycles. The van der Waals surface area contributed by atoms with Crippen molar-refractivity contribution >= 4 is 0 Å². The van der Waals surface area contributed by atoms with Crippen molar-refractivity contribution in [3.05, 3.63) is 35.4 Å². The summed E-state index contributed by atoms with van der Waals surface area (Å²) in [6.07, 6.45) is 4.80. The Hall–Kier alpha value is 0.284. The zero-order valence-corrected chi connectivity index (χ0v) is 12.8. The van der Waals surface area contributed by atoms with E-state index in [-0.39, 0.29) is 32.7 Å². The van der Waals surface area contributed by atoms with E-state index in [1.807, 2.05) is 0 Å². The van der Waals surface area contributed by atoms with Gasteiger partial charge in [0, 0.05) is 39.3 Å². The molecule has 0 atom stereocenters. The summed E-state index contributed by atoms with van der Waals surface area (Å²) in [4.78, 5) is 0. The number of aryl methyl sites for hydroxylation is 1. The molecule has 1 aromatic carbocycles. The molecule has 0 bridgehead atoms. The molecule has 1 aliphatic rings. The fourth-order valence-corrected chi connectivity index (χ4v) is 2.45. The van der Waals surface area contributed by atoms with Crippen LogP contribution in [0, 0.1) is 18.9 Å². The third-order valence-electron chi connectivity index (χ3n) is 3.57. The third kappa shape index (κ3) is 3.65. The average Bonchev–Trinajstić information content (AvgIpc) is 2.30. The van der Waals surface area contributed by atoms with Crippen molar-refractivity contribution in [2.75, 3.05) is 6.61 Å². The van der Waals surface area contributed by atoms with Gasteiger partial charge in [0.05, 0.1) is 0 Å². The van der Waals surface area contributed by atoms with Gasteiger partial charge in [0.25, 0.3) is 0 Å². The number of aliphatic hydroxyl groups is 1. The van der Waals surface area contributed by atoms with Crippen molar-refractivity contribution in [3.63, 3.8) is 0 Å². The van der Waals surface area contributed by atoms with E-state index in [1.54, 1.807) is 0 Å². The van der Waals surface area contributed by atoms with Crippen LogP contribution in [0.1, 0.15) is 42.7 Å². The van der Waals surface area contributed by atoms with E-state index in [0.29, 0.717) is 18.4 Å². The number of benzene rings is 1. The number of hydrogen-bond donors (Lipinski definition) is 1. The van der Waals surface area contributed by atoms with Gasteiger partial charge < -0.3 is 5.11 Å². The maximum Gasteiger partial charge on any atom is 0.0459 e. The number of rotatable bonds is 2. The average molecular weight is 292 g/mol. The van der Waals surface area contributed by atoms with Crippen LogP contribution < -0.4 is 0 Å². The van der Waals surface area contributed by atoms with Crippen molar-refractivity contribution in [2.45, 2.75) is 38.5 Å². The Labute approximate surface area is 124 Å². The van der Waals surface area contributed by atoms with E-state index in [2.05, 4.69) is 31.2 Å². The van der Waals surface area contributed by atoms with Crippen LogP contribution in [0.15, 0.2) is 18.2 Å². The summed E-state index contributed by atoms with van der Waals surface area (Å²) < 4.78 is 0. The van der Waals surface area contributed by atoms with Gasteiger partial charge >= 0.3 is 0 Å². The molecule has 1 N–H and O–H groups in total. The van der Waals surface area contributed by atoms with E-state index in [4.69, 9.17) is 5.11 Å². The summed E-state index contributed by atoms with van der Waals surface area (Å²) in [5.41, 5.74) is 2.64. The van der Waals surface area contributed by atoms with Gasteiger partial charge in [-0.2, -0.15) is 35.4 Å². The van der Waals surface area contributed by atoms with Gasteiger partial charge in [-0.05, 0) is 18.8 Å². The minimum absolute atomic E-state index is 0. The SMILES string of the molecule is Cc1[c-]cc(C2CCC(CO)CC2)cc1.[Y]. The van der Waals surface area contributed by atoms with Crippen LogP contribution in [-0.4, -0.2) is 11.7 Å². The molecule has 0 aromatic heterocycles. The van der Waals surface area contributed by atoms with Crippen LogP contribution in [0.25, 0.3) is 0 Å². The summed E-state index contributed by atoms with van der Waals surface area (Å²) in [5.74, 6) is 1.25. The van der Waals surface area contributed by atoms with E-state index in [0.717, 1.165) is 0 Å². The van der Waals surface area contributed by atoms with Gasteiger partial charge in [0.1, 0.15) is 0 Å². The summed E-state index contributed by atoms with van der Waals surface area (Å²) >= 11 is 0. The Morgan fingerprint density at radius 2 is 1.94 bits per heavy atom. The van der Waals surface area contributed by atoms with Crippen molar-refractivity contribution in [2.24, 2.45) is 5.92 Å². The molecule has 1 nitrogen and oxygen atoms in total. The largest absolute Gasteiger partial charge is 0.396 e. The zero-order chi connectivity index (χ0) is 10.7. The molecular formula is C14H19OY-. The first kappa shape index (κ1) is 14.3. The van der Waals surface area contributed by atoms with Gasteiger partial charge in [0.15, 0.2) is 0 Å². The minimum Gasteiger partial charge on any atom is -0.396 e. The smallest absolute Gasteiger partial charge is 0.0459 e. The maximum atomic E-state index is 9.08. The van der Waals surface area contributed by atoms with Gasteiger partial charge in [0.2, 0.25) is 0 Å².